The van der Waals surface area contributed by atoms with E-state index in [1.807, 2.05) is 18.2 Å². The van der Waals surface area contributed by atoms with Gasteiger partial charge in [0.1, 0.15) is 0 Å². The molecular formula is C16H25ClN2O2S. The fourth-order valence-electron chi connectivity index (χ4n) is 1.91. The molecule has 3 N–H and O–H groups in total. The molecule has 0 fully saturated rings. The number of nitrogens with two attached hydrogens (primary N) is 1. The zero-order chi connectivity index (χ0) is 15.5. The van der Waals surface area contributed by atoms with Crippen LogP contribution in [0.3, 0.4) is 0 Å². The first-order valence-electron chi connectivity index (χ1n) is 7.32. The zero-order valence-electron chi connectivity index (χ0n) is 12.9. The van der Waals surface area contributed by atoms with Crippen LogP contribution >= 0.6 is 24.2 Å². The Bertz CT molecular complexity index is 443. The van der Waals surface area contributed by atoms with Crippen LogP contribution in [-0.2, 0) is 4.79 Å². The van der Waals surface area contributed by atoms with E-state index in [1.54, 1.807) is 12.1 Å². The molecular weight excluding hydrogens is 320 g/mol. The van der Waals surface area contributed by atoms with Gasteiger partial charge in [0.15, 0.2) is 5.78 Å². The minimum Gasteiger partial charge on any atom is -0.351 e. The average Bonchev–Trinajstić information content (AvgIpc) is 2.52. The SMILES string of the molecule is CCCCC(CN)NC(=O)CSCC(=O)c1ccccc1.Cl. The molecule has 0 saturated heterocycles. The lowest BCUT2D eigenvalue weighted by atomic mass is 10.1. The van der Waals surface area contributed by atoms with E-state index in [1.165, 1.54) is 11.8 Å². The summed E-state index contributed by atoms with van der Waals surface area (Å²) in [5.74, 6) is 0.614. The van der Waals surface area contributed by atoms with Crippen molar-refractivity contribution in [1.29, 1.82) is 0 Å². The highest BCUT2D eigenvalue weighted by molar-refractivity contribution is 8.00. The third kappa shape index (κ3) is 8.41. The maximum absolute atomic E-state index is 11.9. The molecule has 0 spiro atoms. The first-order valence-corrected chi connectivity index (χ1v) is 8.48. The monoisotopic (exact) mass is 344 g/mol. The van der Waals surface area contributed by atoms with E-state index in [4.69, 9.17) is 5.73 Å². The predicted octanol–water partition coefficient (Wildman–Crippen LogP) is 2.66. The van der Waals surface area contributed by atoms with Crippen molar-refractivity contribution in [3.05, 3.63) is 35.9 Å². The molecule has 6 heteroatoms. The summed E-state index contributed by atoms with van der Waals surface area (Å²) in [4.78, 5) is 23.7. The van der Waals surface area contributed by atoms with Gasteiger partial charge in [0, 0.05) is 18.2 Å². The van der Waals surface area contributed by atoms with E-state index < -0.39 is 0 Å². The second kappa shape index (κ2) is 12.5. The number of hydrogen-bond donors (Lipinski definition) is 2. The third-order valence-corrected chi connectivity index (χ3v) is 4.05. The van der Waals surface area contributed by atoms with Gasteiger partial charge >= 0.3 is 0 Å². The highest BCUT2D eigenvalue weighted by Gasteiger charge is 2.11. The lowest BCUT2D eigenvalue weighted by Crippen LogP contribution is -2.41. The largest absolute Gasteiger partial charge is 0.351 e. The maximum Gasteiger partial charge on any atom is 0.230 e. The van der Waals surface area contributed by atoms with Crippen molar-refractivity contribution in [2.24, 2.45) is 5.73 Å². The van der Waals surface area contributed by atoms with Gasteiger partial charge < -0.3 is 11.1 Å². The summed E-state index contributed by atoms with van der Waals surface area (Å²) >= 11 is 1.34. The van der Waals surface area contributed by atoms with Crippen LogP contribution < -0.4 is 11.1 Å². The molecule has 0 aliphatic carbocycles. The minimum atomic E-state index is -0.0487. The molecule has 0 saturated carbocycles. The number of carbonyl (C=O) groups is 2. The van der Waals surface area contributed by atoms with Gasteiger partial charge in [-0.15, -0.1) is 24.2 Å². The van der Waals surface area contributed by atoms with Crippen molar-refractivity contribution in [1.82, 2.24) is 5.32 Å². The molecule has 22 heavy (non-hydrogen) atoms. The Morgan fingerprint density at radius 3 is 2.50 bits per heavy atom. The average molecular weight is 345 g/mol. The molecule has 1 aromatic carbocycles. The second-order valence-corrected chi connectivity index (χ2v) is 5.91. The molecule has 0 aliphatic heterocycles. The molecule has 1 unspecified atom stereocenters. The van der Waals surface area contributed by atoms with Crippen molar-refractivity contribution in [3.63, 3.8) is 0 Å². The van der Waals surface area contributed by atoms with E-state index in [0.717, 1.165) is 19.3 Å². The van der Waals surface area contributed by atoms with E-state index >= 15 is 0 Å². The number of nitrogens with one attached hydrogen (secondary N) is 1. The normalized spacial score (nSPS) is 11.4. The highest BCUT2D eigenvalue weighted by Crippen LogP contribution is 2.07. The Kier molecular flexibility index (Phi) is 11.9. The van der Waals surface area contributed by atoms with Gasteiger partial charge in [0.2, 0.25) is 5.91 Å². The van der Waals surface area contributed by atoms with Crippen LogP contribution in [0.15, 0.2) is 30.3 Å². The number of Topliss-reactive ketones (excluding diaryl/α,β-unsaturated/α-hetero) is 1. The fourth-order valence-corrected chi connectivity index (χ4v) is 2.64. The van der Waals surface area contributed by atoms with Crippen molar-refractivity contribution >= 4 is 35.9 Å². The third-order valence-electron chi connectivity index (χ3n) is 3.12. The highest BCUT2D eigenvalue weighted by atomic mass is 35.5. The summed E-state index contributed by atoms with van der Waals surface area (Å²) in [6.45, 7) is 2.57. The molecule has 1 amide bonds. The van der Waals surface area contributed by atoms with Crippen LogP contribution in [0.1, 0.15) is 36.5 Å². The molecule has 1 rings (SSSR count). The van der Waals surface area contributed by atoms with Crippen LogP contribution in [0.2, 0.25) is 0 Å². The number of amides is 1. The first-order chi connectivity index (χ1) is 10.2. The minimum absolute atomic E-state index is 0. The molecule has 0 aliphatic rings. The molecule has 0 heterocycles. The van der Waals surface area contributed by atoms with Gasteiger partial charge in [-0.05, 0) is 6.42 Å². The Hall–Kier alpha value is -1.04. The van der Waals surface area contributed by atoms with Crippen molar-refractivity contribution in [2.45, 2.75) is 32.2 Å². The summed E-state index contributed by atoms with van der Waals surface area (Å²) in [6, 6.07) is 9.17. The van der Waals surface area contributed by atoms with Gasteiger partial charge in [-0.25, -0.2) is 0 Å². The molecule has 0 aromatic heterocycles. The topological polar surface area (TPSA) is 72.2 Å². The van der Waals surface area contributed by atoms with Gasteiger partial charge in [0.25, 0.3) is 0 Å². The summed E-state index contributed by atoms with van der Waals surface area (Å²) in [6.07, 6.45) is 3.06. The van der Waals surface area contributed by atoms with E-state index in [9.17, 15) is 9.59 Å². The number of hydrogen-bond acceptors (Lipinski definition) is 4. The van der Waals surface area contributed by atoms with Crippen LogP contribution in [0.5, 0.6) is 0 Å². The summed E-state index contributed by atoms with van der Waals surface area (Å²) in [5.41, 5.74) is 6.33. The molecule has 0 radical (unpaired) electrons. The second-order valence-electron chi connectivity index (χ2n) is 4.92. The molecule has 1 aromatic rings. The maximum atomic E-state index is 11.9. The van der Waals surface area contributed by atoms with Gasteiger partial charge in [-0.2, -0.15) is 0 Å². The number of halogens is 1. The van der Waals surface area contributed by atoms with Crippen molar-refractivity contribution in [3.8, 4) is 0 Å². The van der Waals surface area contributed by atoms with E-state index in [-0.39, 0.29) is 30.1 Å². The van der Waals surface area contributed by atoms with Gasteiger partial charge in [0.05, 0.1) is 11.5 Å². The number of ketones is 1. The predicted molar refractivity (Wildman–Crippen MR) is 95.9 cm³/mol. The van der Waals surface area contributed by atoms with Crippen molar-refractivity contribution < 1.29 is 9.59 Å². The lowest BCUT2D eigenvalue weighted by Gasteiger charge is -2.16. The Balaban J connectivity index is 0.00000441. The summed E-state index contributed by atoms with van der Waals surface area (Å²) in [7, 11) is 0. The molecule has 1 atom stereocenters. The number of rotatable bonds is 10. The first kappa shape index (κ1) is 21.0. The van der Waals surface area contributed by atoms with E-state index in [0.29, 0.717) is 23.6 Å². The molecule has 0 bridgehead atoms. The van der Waals surface area contributed by atoms with Crippen molar-refractivity contribution in [2.75, 3.05) is 18.1 Å². The standard InChI is InChI=1S/C16H24N2O2S.ClH/c1-2-3-9-14(10-17)18-16(20)12-21-11-15(19)13-7-5-4-6-8-13;/h4-8,14H,2-3,9-12,17H2,1H3,(H,18,20);1H. The number of carbonyl (C=O) groups excluding carboxylic acids is 2. The van der Waals surface area contributed by atoms with Crippen LogP contribution in [0.25, 0.3) is 0 Å². The van der Waals surface area contributed by atoms with Crippen LogP contribution in [0.4, 0.5) is 0 Å². The molecule has 4 nitrogen and oxygen atoms in total. The number of thioether (sulfide) groups is 1. The zero-order valence-corrected chi connectivity index (χ0v) is 14.6. The molecule has 124 valence electrons. The number of benzene rings is 1. The van der Waals surface area contributed by atoms with Gasteiger partial charge in [-0.3, -0.25) is 9.59 Å². The Labute approximate surface area is 143 Å². The summed E-state index contributed by atoms with van der Waals surface area (Å²) < 4.78 is 0. The Morgan fingerprint density at radius 1 is 1.23 bits per heavy atom. The smallest absolute Gasteiger partial charge is 0.230 e. The number of unbranched alkanes of at least 4 members (excludes halogenated alkanes) is 1. The van der Waals surface area contributed by atoms with Gasteiger partial charge in [-0.1, -0.05) is 50.1 Å². The quantitative estimate of drug-likeness (QED) is 0.640. The lowest BCUT2D eigenvalue weighted by molar-refractivity contribution is -0.119. The summed E-state index contributed by atoms with van der Waals surface area (Å²) in [5, 5.41) is 2.92. The Morgan fingerprint density at radius 2 is 1.91 bits per heavy atom. The van der Waals surface area contributed by atoms with E-state index in [2.05, 4.69) is 12.2 Å². The van der Waals surface area contributed by atoms with Crippen LogP contribution in [0, 0.1) is 0 Å². The van der Waals surface area contributed by atoms with Crippen LogP contribution in [-0.4, -0.2) is 35.8 Å². The fraction of sp³-hybridized carbons (Fsp3) is 0.500.